The van der Waals surface area contributed by atoms with Gasteiger partial charge in [0.05, 0.1) is 0 Å². The molecule has 3 aromatic heterocycles. The summed E-state index contributed by atoms with van der Waals surface area (Å²) in [5.41, 5.74) is 12.3. The van der Waals surface area contributed by atoms with Crippen molar-refractivity contribution in [2.75, 3.05) is 0 Å². The Morgan fingerprint density at radius 1 is 0.333 bits per heavy atom. The molecule has 0 saturated heterocycles. The van der Waals surface area contributed by atoms with E-state index in [2.05, 4.69) is 191 Å². The Labute approximate surface area is 300 Å². The van der Waals surface area contributed by atoms with Gasteiger partial charge < -0.3 is 0 Å². The Morgan fingerprint density at radius 3 is 1.63 bits per heavy atom. The van der Waals surface area contributed by atoms with Crippen LogP contribution in [0.4, 0.5) is 0 Å². The summed E-state index contributed by atoms with van der Waals surface area (Å²) >= 11 is 0.227. The monoisotopic (exact) mass is 714 g/mol. The minimum absolute atomic E-state index is 0.227. The number of rotatable bonds is 4. The first kappa shape index (κ1) is 28.7. The predicted molar refractivity (Wildman–Crippen MR) is 218 cm³/mol. The Hall–Kier alpha value is -6.12. The van der Waals surface area contributed by atoms with E-state index in [4.69, 9.17) is 0 Å². The fourth-order valence-corrected chi connectivity index (χ4v) is 10.6. The molecule has 0 saturated carbocycles. The molecule has 3 heteroatoms. The van der Waals surface area contributed by atoms with Gasteiger partial charge in [0.25, 0.3) is 0 Å². The third-order valence-electron chi connectivity index (χ3n) is 10.5. The average Bonchev–Trinajstić information content (AvgIpc) is 3.85. The molecule has 0 aliphatic carbocycles. The van der Waals surface area contributed by atoms with Gasteiger partial charge in [0, 0.05) is 0 Å². The Balaban J connectivity index is 1.19. The molecule has 0 atom stereocenters. The summed E-state index contributed by atoms with van der Waals surface area (Å²) < 4.78 is 7.83. The molecule has 2 nitrogen and oxygen atoms in total. The molecule has 238 valence electrons. The van der Waals surface area contributed by atoms with E-state index >= 15 is 0 Å². The Kier molecular flexibility index (Phi) is 6.30. The van der Waals surface area contributed by atoms with E-state index in [0.717, 1.165) is 0 Å². The van der Waals surface area contributed by atoms with Crippen LogP contribution in [0, 0.1) is 0 Å². The normalized spacial score (nSPS) is 11.9. The van der Waals surface area contributed by atoms with Crippen LogP contribution in [0.5, 0.6) is 0 Å². The quantitative estimate of drug-likeness (QED) is 0.161. The molecule has 0 aliphatic heterocycles. The standard InChI is InChI=1S/C48H30N2Se/c1-2-13-31(14-3-1)34-15-4-5-16-35(34)32-25-28-46-40(29-32)48-44(23-12-24-47(48)51-46)50-43-22-11-8-19-38(43)39-27-26-33(30-45(39)50)49-41-20-9-6-17-36(41)37-18-7-10-21-42(37)49/h1-30H. The van der Waals surface area contributed by atoms with Crippen molar-refractivity contribution < 1.29 is 0 Å². The first-order valence-electron chi connectivity index (χ1n) is 17.4. The number of para-hydroxylation sites is 3. The molecule has 11 aromatic rings. The SMILES string of the molecule is c1ccc(-c2ccccc2-c2ccc3[se]c4cccc(-n5c6ccccc6c6ccc(-n7c8ccccc8c8ccccc87)cc65)c4c3c2)cc1. The molecule has 51 heavy (non-hydrogen) atoms. The van der Waals surface area contributed by atoms with Gasteiger partial charge in [0.2, 0.25) is 0 Å². The average molecular weight is 714 g/mol. The summed E-state index contributed by atoms with van der Waals surface area (Å²) in [5.74, 6) is 0. The van der Waals surface area contributed by atoms with E-state index in [1.165, 1.54) is 96.5 Å². The number of hydrogen-bond donors (Lipinski definition) is 0. The van der Waals surface area contributed by atoms with Crippen LogP contribution in [-0.2, 0) is 0 Å². The molecule has 0 aliphatic rings. The van der Waals surface area contributed by atoms with E-state index < -0.39 is 0 Å². The van der Waals surface area contributed by atoms with Crippen molar-refractivity contribution >= 4 is 77.4 Å². The zero-order valence-electron chi connectivity index (χ0n) is 27.6. The Bertz CT molecular complexity index is 3090. The molecule has 3 heterocycles. The summed E-state index contributed by atoms with van der Waals surface area (Å²) in [6.07, 6.45) is 0. The third-order valence-corrected chi connectivity index (χ3v) is 12.9. The van der Waals surface area contributed by atoms with Crippen molar-refractivity contribution in [2.45, 2.75) is 0 Å². The second-order valence-electron chi connectivity index (χ2n) is 13.3. The maximum absolute atomic E-state index is 2.52. The molecule has 0 N–H and O–H groups in total. The van der Waals surface area contributed by atoms with Gasteiger partial charge in [-0.25, -0.2) is 0 Å². The van der Waals surface area contributed by atoms with E-state index in [9.17, 15) is 0 Å². The first-order valence-corrected chi connectivity index (χ1v) is 19.2. The van der Waals surface area contributed by atoms with Crippen molar-refractivity contribution in [3.63, 3.8) is 0 Å². The van der Waals surface area contributed by atoms with Crippen LogP contribution >= 0.6 is 0 Å². The molecular formula is C48H30N2Se. The number of benzene rings is 8. The molecule has 0 radical (unpaired) electrons. The van der Waals surface area contributed by atoms with E-state index in [1.807, 2.05) is 0 Å². The van der Waals surface area contributed by atoms with E-state index in [-0.39, 0.29) is 14.5 Å². The Morgan fingerprint density at radius 2 is 0.922 bits per heavy atom. The molecular weight excluding hydrogens is 684 g/mol. The second-order valence-corrected chi connectivity index (χ2v) is 15.6. The zero-order chi connectivity index (χ0) is 33.5. The van der Waals surface area contributed by atoms with Gasteiger partial charge in [0.15, 0.2) is 0 Å². The molecule has 0 fully saturated rings. The molecule has 0 spiro atoms. The van der Waals surface area contributed by atoms with Crippen LogP contribution in [0.25, 0.3) is 96.5 Å². The molecule has 0 amide bonds. The molecule has 0 bridgehead atoms. The van der Waals surface area contributed by atoms with Crippen LogP contribution in [0.1, 0.15) is 0 Å². The van der Waals surface area contributed by atoms with Crippen LogP contribution < -0.4 is 0 Å². The molecule has 8 aromatic carbocycles. The van der Waals surface area contributed by atoms with E-state index in [1.54, 1.807) is 0 Å². The van der Waals surface area contributed by atoms with Crippen LogP contribution in [-0.4, -0.2) is 23.6 Å². The number of nitrogens with zero attached hydrogens (tertiary/aromatic N) is 2. The van der Waals surface area contributed by atoms with E-state index in [0.29, 0.717) is 0 Å². The van der Waals surface area contributed by atoms with Crippen LogP contribution in [0.2, 0.25) is 0 Å². The number of hydrogen-bond acceptors (Lipinski definition) is 0. The molecule has 0 unspecified atom stereocenters. The van der Waals surface area contributed by atoms with Crippen LogP contribution in [0.15, 0.2) is 182 Å². The van der Waals surface area contributed by atoms with Crippen molar-refractivity contribution in [1.82, 2.24) is 9.13 Å². The first-order chi connectivity index (χ1) is 25.3. The van der Waals surface area contributed by atoms with Crippen LogP contribution in [0.3, 0.4) is 0 Å². The second kappa shape index (κ2) is 11.2. The molecule has 11 rings (SSSR count). The van der Waals surface area contributed by atoms with Gasteiger partial charge in [0.1, 0.15) is 0 Å². The van der Waals surface area contributed by atoms with Gasteiger partial charge in [-0.2, -0.15) is 0 Å². The minimum atomic E-state index is 0.227. The topological polar surface area (TPSA) is 9.86 Å². The van der Waals surface area contributed by atoms with Crippen molar-refractivity contribution in [2.24, 2.45) is 0 Å². The number of aromatic nitrogens is 2. The van der Waals surface area contributed by atoms with Gasteiger partial charge in [-0.05, 0) is 0 Å². The summed E-state index contributed by atoms with van der Waals surface area (Å²) in [7, 11) is 0. The van der Waals surface area contributed by atoms with Gasteiger partial charge in [-0.15, -0.1) is 0 Å². The predicted octanol–water partition coefficient (Wildman–Crippen LogP) is 12.6. The number of fused-ring (bicyclic) bond motifs is 9. The summed E-state index contributed by atoms with van der Waals surface area (Å²) in [6, 6.07) is 67.1. The van der Waals surface area contributed by atoms with Gasteiger partial charge in [-0.1, -0.05) is 0 Å². The summed E-state index contributed by atoms with van der Waals surface area (Å²) in [4.78, 5) is 0. The summed E-state index contributed by atoms with van der Waals surface area (Å²) in [5, 5.41) is 7.80. The van der Waals surface area contributed by atoms with Crippen molar-refractivity contribution in [1.29, 1.82) is 0 Å². The van der Waals surface area contributed by atoms with Crippen molar-refractivity contribution in [3.05, 3.63) is 182 Å². The van der Waals surface area contributed by atoms with Crippen molar-refractivity contribution in [3.8, 4) is 33.6 Å². The summed E-state index contributed by atoms with van der Waals surface area (Å²) in [6.45, 7) is 0. The third kappa shape index (κ3) is 4.29. The maximum atomic E-state index is 2.52. The van der Waals surface area contributed by atoms with Gasteiger partial charge >= 0.3 is 302 Å². The fourth-order valence-electron chi connectivity index (χ4n) is 8.32. The zero-order valence-corrected chi connectivity index (χ0v) is 29.3. The van der Waals surface area contributed by atoms with Gasteiger partial charge in [-0.3, -0.25) is 0 Å². The fraction of sp³-hybridized carbons (Fsp3) is 0.